The van der Waals surface area contributed by atoms with E-state index in [1.807, 2.05) is 0 Å². The van der Waals surface area contributed by atoms with Gasteiger partial charge in [-0.3, -0.25) is 24.5 Å². The zero-order valence-electron chi connectivity index (χ0n) is 19.3. The summed E-state index contributed by atoms with van der Waals surface area (Å²) in [5, 5.41) is 2.20. The van der Waals surface area contributed by atoms with Gasteiger partial charge in [0.2, 0.25) is 11.8 Å². The third-order valence-electron chi connectivity index (χ3n) is 7.24. The third kappa shape index (κ3) is 3.64. The maximum Gasteiger partial charge on any atom is 0.416 e. The first-order valence-electron chi connectivity index (χ1n) is 11.4. The molecule has 36 heavy (non-hydrogen) atoms. The molecule has 1 saturated heterocycles. The summed E-state index contributed by atoms with van der Waals surface area (Å²) in [4.78, 5) is 52.8. The van der Waals surface area contributed by atoms with Gasteiger partial charge in [0, 0.05) is 18.5 Å². The van der Waals surface area contributed by atoms with Crippen molar-refractivity contribution in [3.8, 4) is 0 Å². The number of amides is 4. The summed E-state index contributed by atoms with van der Waals surface area (Å²) in [6.07, 6.45) is -4.34. The van der Waals surface area contributed by atoms with Gasteiger partial charge in [-0.15, -0.1) is 0 Å². The van der Waals surface area contributed by atoms with Crippen LogP contribution in [0, 0.1) is 5.82 Å². The van der Waals surface area contributed by atoms with Crippen LogP contribution in [0.4, 0.5) is 17.6 Å². The van der Waals surface area contributed by atoms with Crippen LogP contribution in [0.25, 0.3) is 0 Å². The zero-order valence-corrected chi connectivity index (χ0v) is 19.3. The lowest BCUT2D eigenvalue weighted by Gasteiger charge is -2.32. The predicted molar refractivity (Wildman–Crippen MR) is 117 cm³/mol. The number of imide groups is 1. The van der Waals surface area contributed by atoms with Crippen molar-refractivity contribution in [2.45, 2.75) is 57.5 Å². The van der Waals surface area contributed by atoms with Crippen molar-refractivity contribution >= 4 is 23.6 Å². The standard InChI is InChI=1S/C25H21F4N3O4/c1-11-15-4-3-14(25(27,28)29)7-13(15)10-31(11)23(35)18-8-16-12(2)32(24(36)17(16)9-19(18)26)20-5-6-21(33)30-22(20)34/h3-4,7-9,11-12,20H,5-6,10H2,1-2H3,(H,30,33,34)/t11-,12+,20-/m0/s1. The van der Waals surface area contributed by atoms with Crippen LogP contribution < -0.4 is 5.32 Å². The molecule has 2 aromatic rings. The first kappa shape index (κ1) is 24.0. The number of benzene rings is 2. The van der Waals surface area contributed by atoms with Crippen LogP contribution in [-0.2, 0) is 22.3 Å². The van der Waals surface area contributed by atoms with Gasteiger partial charge in [-0.2, -0.15) is 13.2 Å². The topological polar surface area (TPSA) is 86.8 Å². The van der Waals surface area contributed by atoms with E-state index in [-0.39, 0.29) is 30.5 Å². The van der Waals surface area contributed by atoms with E-state index < -0.39 is 59.3 Å². The molecular weight excluding hydrogens is 482 g/mol. The van der Waals surface area contributed by atoms with Gasteiger partial charge >= 0.3 is 6.18 Å². The van der Waals surface area contributed by atoms with E-state index in [1.54, 1.807) is 13.8 Å². The second kappa shape index (κ2) is 8.14. The molecule has 0 aliphatic carbocycles. The summed E-state index contributed by atoms with van der Waals surface area (Å²) in [5.41, 5.74) is 0.124. The number of nitrogens with one attached hydrogen (secondary N) is 1. The second-order valence-electron chi connectivity index (χ2n) is 9.29. The fraction of sp³-hybridized carbons (Fsp3) is 0.360. The van der Waals surface area contributed by atoms with Crippen molar-refractivity contribution in [3.05, 3.63) is 69.5 Å². The quantitative estimate of drug-likeness (QED) is 0.498. The van der Waals surface area contributed by atoms with Gasteiger partial charge in [0.15, 0.2) is 0 Å². The molecule has 5 rings (SSSR count). The van der Waals surface area contributed by atoms with Crippen molar-refractivity contribution in [1.82, 2.24) is 15.1 Å². The summed E-state index contributed by atoms with van der Waals surface area (Å²) in [7, 11) is 0. The second-order valence-corrected chi connectivity index (χ2v) is 9.29. The predicted octanol–water partition coefficient (Wildman–Crippen LogP) is 3.88. The minimum atomic E-state index is -4.53. The average molecular weight is 503 g/mol. The van der Waals surface area contributed by atoms with E-state index in [0.717, 1.165) is 18.2 Å². The van der Waals surface area contributed by atoms with E-state index in [1.165, 1.54) is 21.9 Å². The molecule has 7 nitrogen and oxygen atoms in total. The van der Waals surface area contributed by atoms with E-state index in [0.29, 0.717) is 16.7 Å². The van der Waals surface area contributed by atoms with Crippen LogP contribution in [0.5, 0.6) is 0 Å². The number of carbonyl (C=O) groups is 4. The average Bonchev–Trinajstić information content (AvgIpc) is 3.26. The number of halogens is 4. The highest BCUT2D eigenvalue weighted by Crippen LogP contribution is 2.41. The highest BCUT2D eigenvalue weighted by atomic mass is 19.4. The molecule has 3 aliphatic rings. The van der Waals surface area contributed by atoms with Crippen LogP contribution in [0.2, 0.25) is 0 Å². The van der Waals surface area contributed by atoms with Gasteiger partial charge in [-0.05, 0) is 61.2 Å². The Hall–Kier alpha value is -3.76. The van der Waals surface area contributed by atoms with Crippen molar-refractivity contribution in [2.24, 2.45) is 0 Å². The highest BCUT2D eigenvalue weighted by Gasteiger charge is 2.44. The maximum atomic E-state index is 15.1. The van der Waals surface area contributed by atoms with Gasteiger partial charge in [0.25, 0.3) is 11.8 Å². The summed E-state index contributed by atoms with van der Waals surface area (Å²) in [6.45, 7) is 3.18. The Bertz CT molecular complexity index is 1340. The van der Waals surface area contributed by atoms with Crippen molar-refractivity contribution in [1.29, 1.82) is 0 Å². The minimum absolute atomic E-state index is 0.0221. The Labute approximate surface area is 203 Å². The number of hydrogen-bond donors (Lipinski definition) is 1. The number of piperidine rings is 1. The molecular formula is C25H21F4N3O4. The van der Waals surface area contributed by atoms with E-state index in [9.17, 15) is 32.3 Å². The molecule has 3 aliphatic heterocycles. The lowest BCUT2D eigenvalue weighted by molar-refractivity contribution is -0.138. The fourth-order valence-electron chi connectivity index (χ4n) is 5.33. The van der Waals surface area contributed by atoms with Gasteiger partial charge in [-0.25, -0.2) is 4.39 Å². The maximum absolute atomic E-state index is 15.1. The zero-order chi connectivity index (χ0) is 26.1. The number of alkyl halides is 3. The number of hydrogen-bond acceptors (Lipinski definition) is 4. The molecule has 3 atom stereocenters. The highest BCUT2D eigenvalue weighted by molar-refractivity contribution is 6.06. The number of rotatable bonds is 2. The lowest BCUT2D eigenvalue weighted by Crippen LogP contribution is -2.53. The Kier molecular flexibility index (Phi) is 5.42. The van der Waals surface area contributed by atoms with Crippen LogP contribution in [-0.4, -0.2) is 39.5 Å². The molecule has 4 amide bonds. The minimum Gasteiger partial charge on any atom is -0.327 e. The number of fused-ring (bicyclic) bond motifs is 2. The third-order valence-corrected chi connectivity index (χ3v) is 7.24. The molecule has 2 aromatic carbocycles. The van der Waals surface area contributed by atoms with Gasteiger partial charge in [-0.1, -0.05) is 6.07 Å². The van der Waals surface area contributed by atoms with Gasteiger partial charge in [0.05, 0.1) is 23.2 Å². The molecule has 1 fully saturated rings. The monoisotopic (exact) mass is 503 g/mol. The Morgan fingerprint density at radius 2 is 1.75 bits per heavy atom. The summed E-state index contributed by atoms with van der Waals surface area (Å²) in [5.74, 6) is -3.28. The van der Waals surface area contributed by atoms with Crippen LogP contribution >= 0.6 is 0 Å². The molecule has 1 N–H and O–H groups in total. The lowest BCUT2D eigenvalue weighted by atomic mass is 9.99. The Balaban J connectivity index is 1.44. The Morgan fingerprint density at radius 1 is 1.03 bits per heavy atom. The normalized spacial score (nSPS) is 23.6. The first-order valence-corrected chi connectivity index (χ1v) is 11.4. The van der Waals surface area contributed by atoms with Crippen LogP contribution in [0.15, 0.2) is 30.3 Å². The molecule has 188 valence electrons. The first-order chi connectivity index (χ1) is 16.9. The summed E-state index contributed by atoms with van der Waals surface area (Å²) in [6, 6.07) is 3.37. The molecule has 0 bridgehead atoms. The van der Waals surface area contributed by atoms with Crippen LogP contribution in [0.1, 0.15) is 81.7 Å². The molecule has 3 heterocycles. The van der Waals surface area contributed by atoms with Crippen molar-refractivity contribution < 1.29 is 36.7 Å². The summed E-state index contributed by atoms with van der Waals surface area (Å²) >= 11 is 0. The molecule has 0 spiro atoms. The van der Waals surface area contributed by atoms with Crippen LogP contribution in [0.3, 0.4) is 0 Å². The van der Waals surface area contributed by atoms with Crippen molar-refractivity contribution in [3.63, 3.8) is 0 Å². The largest absolute Gasteiger partial charge is 0.416 e. The van der Waals surface area contributed by atoms with Gasteiger partial charge < -0.3 is 9.80 Å². The summed E-state index contributed by atoms with van der Waals surface area (Å²) < 4.78 is 54.5. The van der Waals surface area contributed by atoms with E-state index in [4.69, 9.17) is 0 Å². The van der Waals surface area contributed by atoms with Gasteiger partial charge in [0.1, 0.15) is 11.9 Å². The van der Waals surface area contributed by atoms with Crippen molar-refractivity contribution in [2.75, 3.05) is 0 Å². The molecule has 0 saturated carbocycles. The fourth-order valence-corrected chi connectivity index (χ4v) is 5.33. The molecule has 0 radical (unpaired) electrons. The number of nitrogens with zero attached hydrogens (tertiary/aromatic N) is 2. The molecule has 0 aromatic heterocycles. The molecule has 0 unspecified atom stereocenters. The molecule has 11 heteroatoms. The SMILES string of the molecule is C[C@@H]1c2cc(C(=O)N3Cc4cc(C(F)(F)F)ccc4[C@@H]3C)c(F)cc2C(=O)N1[C@H]1CCC(=O)NC1=O. The van der Waals surface area contributed by atoms with E-state index >= 15 is 4.39 Å². The van der Waals surface area contributed by atoms with E-state index in [2.05, 4.69) is 5.32 Å². The Morgan fingerprint density at radius 3 is 2.42 bits per heavy atom. The number of carbonyl (C=O) groups excluding carboxylic acids is 4. The smallest absolute Gasteiger partial charge is 0.327 e.